The first kappa shape index (κ1) is 19.3. The summed E-state index contributed by atoms with van der Waals surface area (Å²) in [5.41, 5.74) is 6.38. The van der Waals surface area contributed by atoms with E-state index in [9.17, 15) is 0 Å². The number of hydrogen-bond acceptors (Lipinski definition) is 5. The Labute approximate surface area is 172 Å². The van der Waals surface area contributed by atoms with Gasteiger partial charge in [-0.05, 0) is 56.4 Å². The summed E-state index contributed by atoms with van der Waals surface area (Å²) >= 11 is 12.8. The highest BCUT2D eigenvalue weighted by Crippen LogP contribution is 2.27. The first-order chi connectivity index (χ1) is 13.0. The molecular weight excluding hydrogens is 398 g/mol. The number of nitrogens with zero attached hydrogens (tertiary/aromatic N) is 2. The standard InChI is InChI=1S/C19H18ClN5S2/c1-12-17(27-19(21-12)23-16-10-6-7-14(20)11-16)13(2)24-25-18(26)22-15-8-4-3-5-9-15/h3-11H,1-2H3,(H,21,23)(H2,22,25,26)/b24-13+. The summed E-state index contributed by atoms with van der Waals surface area (Å²) in [6.07, 6.45) is 0. The summed E-state index contributed by atoms with van der Waals surface area (Å²) in [4.78, 5) is 5.54. The number of para-hydroxylation sites is 1. The zero-order chi connectivity index (χ0) is 19.2. The molecule has 0 atom stereocenters. The third-order valence-electron chi connectivity index (χ3n) is 3.56. The Kier molecular flexibility index (Phi) is 6.39. The first-order valence-electron chi connectivity index (χ1n) is 8.18. The van der Waals surface area contributed by atoms with Crippen molar-refractivity contribution in [1.82, 2.24) is 10.4 Å². The van der Waals surface area contributed by atoms with Crippen molar-refractivity contribution in [3.63, 3.8) is 0 Å². The van der Waals surface area contributed by atoms with E-state index in [1.165, 1.54) is 11.3 Å². The summed E-state index contributed by atoms with van der Waals surface area (Å²) in [6, 6.07) is 17.2. The van der Waals surface area contributed by atoms with Crippen LogP contribution in [-0.4, -0.2) is 15.8 Å². The smallest absolute Gasteiger partial charge is 0.191 e. The maximum atomic E-state index is 6.02. The minimum atomic E-state index is 0.431. The Bertz CT molecular complexity index is 969. The quantitative estimate of drug-likeness (QED) is 0.289. The number of aromatic nitrogens is 1. The van der Waals surface area contributed by atoms with Gasteiger partial charge in [-0.25, -0.2) is 4.98 Å². The lowest BCUT2D eigenvalue weighted by Crippen LogP contribution is -2.24. The van der Waals surface area contributed by atoms with E-state index in [1.54, 1.807) is 0 Å². The number of hydrazone groups is 1. The van der Waals surface area contributed by atoms with Crippen molar-refractivity contribution in [2.75, 3.05) is 10.6 Å². The topological polar surface area (TPSA) is 61.3 Å². The summed E-state index contributed by atoms with van der Waals surface area (Å²) in [5.74, 6) is 0. The van der Waals surface area contributed by atoms with Gasteiger partial charge in [-0.1, -0.05) is 47.2 Å². The van der Waals surface area contributed by atoms with Gasteiger partial charge < -0.3 is 10.6 Å². The number of nitrogens with one attached hydrogen (secondary N) is 3. The molecule has 0 bridgehead atoms. The zero-order valence-electron chi connectivity index (χ0n) is 14.8. The van der Waals surface area contributed by atoms with Crippen LogP contribution in [-0.2, 0) is 0 Å². The number of anilines is 3. The second-order valence-electron chi connectivity index (χ2n) is 5.70. The van der Waals surface area contributed by atoms with E-state index < -0.39 is 0 Å². The summed E-state index contributed by atoms with van der Waals surface area (Å²) in [5, 5.41) is 12.6. The summed E-state index contributed by atoms with van der Waals surface area (Å²) in [7, 11) is 0. The van der Waals surface area contributed by atoms with Crippen LogP contribution < -0.4 is 16.1 Å². The van der Waals surface area contributed by atoms with Crippen molar-refractivity contribution < 1.29 is 0 Å². The largest absolute Gasteiger partial charge is 0.331 e. The van der Waals surface area contributed by atoms with Crippen molar-refractivity contribution in [2.45, 2.75) is 13.8 Å². The van der Waals surface area contributed by atoms with Gasteiger partial charge in [0, 0.05) is 16.4 Å². The molecule has 0 aliphatic carbocycles. The third kappa shape index (κ3) is 5.50. The van der Waals surface area contributed by atoms with Gasteiger partial charge in [0.25, 0.3) is 0 Å². The molecule has 0 aliphatic heterocycles. The predicted molar refractivity (Wildman–Crippen MR) is 120 cm³/mol. The maximum absolute atomic E-state index is 6.02. The molecule has 0 unspecified atom stereocenters. The highest BCUT2D eigenvalue weighted by Gasteiger charge is 2.11. The number of halogens is 1. The van der Waals surface area contributed by atoms with E-state index in [0.29, 0.717) is 10.1 Å². The highest BCUT2D eigenvalue weighted by atomic mass is 35.5. The predicted octanol–water partition coefficient (Wildman–Crippen LogP) is 5.56. The Morgan fingerprint density at radius 3 is 2.59 bits per heavy atom. The zero-order valence-corrected chi connectivity index (χ0v) is 17.2. The van der Waals surface area contributed by atoms with Gasteiger partial charge in [0.05, 0.1) is 16.3 Å². The lowest BCUT2D eigenvalue weighted by Gasteiger charge is -2.07. The van der Waals surface area contributed by atoms with Gasteiger partial charge in [-0.3, -0.25) is 5.43 Å². The van der Waals surface area contributed by atoms with Crippen LogP contribution in [0.3, 0.4) is 0 Å². The monoisotopic (exact) mass is 415 g/mol. The van der Waals surface area contributed by atoms with E-state index >= 15 is 0 Å². The molecule has 27 heavy (non-hydrogen) atoms. The Hall–Kier alpha value is -2.48. The van der Waals surface area contributed by atoms with Gasteiger partial charge in [0.15, 0.2) is 10.2 Å². The van der Waals surface area contributed by atoms with Crippen LogP contribution in [0.4, 0.5) is 16.5 Å². The van der Waals surface area contributed by atoms with E-state index in [1.807, 2.05) is 68.4 Å². The van der Waals surface area contributed by atoms with Gasteiger partial charge in [-0.2, -0.15) is 5.10 Å². The Balaban J connectivity index is 1.65. The molecule has 1 heterocycles. The van der Waals surface area contributed by atoms with Crippen LogP contribution in [0.2, 0.25) is 5.02 Å². The van der Waals surface area contributed by atoms with E-state index in [0.717, 1.165) is 32.8 Å². The van der Waals surface area contributed by atoms with Crippen LogP contribution in [0.25, 0.3) is 0 Å². The molecule has 0 fully saturated rings. The van der Waals surface area contributed by atoms with Gasteiger partial charge in [-0.15, -0.1) is 0 Å². The molecule has 3 N–H and O–H groups in total. The van der Waals surface area contributed by atoms with Gasteiger partial charge in [0.2, 0.25) is 0 Å². The second-order valence-corrected chi connectivity index (χ2v) is 7.54. The van der Waals surface area contributed by atoms with E-state index in [-0.39, 0.29) is 0 Å². The lowest BCUT2D eigenvalue weighted by molar-refractivity contribution is 1.04. The number of hydrogen-bond donors (Lipinski definition) is 3. The molecule has 0 radical (unpaired) electrons. The highest BCUT2D eigenvalue weighted by molar-refractivity contribution is 7.80. The fourth-order valence-electron chi connectivity index (χ4n) is 2.34. The minimum Gasteiger partial charge on any atom is -0.331 e. The van der Waals surface area contributed by atoms with E-state index in [2.05, 4.69) is 26.1 Å². The van der Waals surface area contributed by atoms with Crippen LogP contribution in [0.1, 0.15) is 17.5 Å². The SMILES string of the molecule is C/C(=N\NC(=S)Nc1ccccc1)c1sc(Nc2cccc(Cl)c2)nc1C. The number of thiocarbonyl (C=S) groups is 1. The van der Waals surface area contributed by atoms with Crippen LogP contribution in [0.15, 0.2) is 59.7 Å². The molecule has 138 valence electrons. The summed E-state index contributed by atoms with van der Waals surface area (Å²) < 4.78 is 0. The Morgan fingerprint density at radius 2 is 1.85 bits per heavy atom. The van der Waals surface area contributed by atoms with Crippen molar-refractivity contribution in [3.05, 3.63) is 70.2 Å². The molecule has 5 nitrogen and oxygen atoms in total. The number of benzene rings is 2. The minimum absolute atomic E-state index is 0.431. The molecule has 3 rings (SSSR count). The average molecular weight is 416 g/mol. The molecule has 0 amide bonds. The molecule has 0 saturated carbocycles. The fourth-order valence-corrected chi connectivity index (χ4v) is 3.63. The average Bonchev–Trinajstić information content (AvgIpc) is 3.01. The fraction of sp³-hybridized carbons (Fsp3) is 0.105. The Morgan fingerprint density at radius 1 is 1.11 bits per heavy atom. The molecule has 0 spiro atoms. The van der Waals surface area contributed by atoms with Gasteiger partial charge >= 0.3 is 0 Å². The maximum Gasteiger partial charge on any atom is 0.191 e. The third-order valence-corrected chi connectivity index (χ3v) is 5.17. The van der Waals surface area contributed by atoms with Crippen LogP contribution in [0.5, 0.6) is 0 Å². The molecular formula is C19H18ClN5S2. The molecule has 3 aromatic rings. The summed E-state index contributed by atoms with van der Waals surface area (Å²) in [6.45, 7) is 3.87. The number of rotatable bonds is 5. The first-order valence-corrected chi connectivity index (χ1v) is 9.78. The molecule has 0 aliphatic rings. The molecule has 0 saturated heterocycles. The molecule has 1 aromatic heterocycles. The second kappa shape index (κ2) is 8.94. The molecule has 2 aromatic carbocycles. The lowest BCUT2D eigenvalue weighted by atomic mass is 10.3. The van der Waals surface area contributed by atoms with Crippen molar-refractivity contribution >= 4 is 62.5 Å². The number of thiazole rings is 1. The normalized spacial score (nSPS) is 11.1. The number of aryl methyl sites for hydroxylation is 1. The van der Waals surface area contributed by atoms with E-state index in [4.69, 9.17) is 23.8 Å². The van der Waals surface area contributed by atoms with Crippen molar-refractivity contribution in [1.29, 1.82) is 0 Å². The van der Waals surface area contributed by atoms with Crippen LogP contribution >= 0.6 is 35.2 Å². The molecule has 8 heteroatoms. The van der Waals surface area contributed by atoms with Gasteiger partial charge in [0.1, 0.15) is 0 Å². The van der Waals surface area contributed by atoms with Crippen molar-refractivity contribution in [3.8, 4) is 0 Å². The van der Waals surface area contributed by atoms with Crippen molar-refractivity contribution in [2.24, 2.45) is 5.10 Å². The van der Waals surface area contributed by atoms with Crippen LogP contribution in [0, 0.1) is 6.92 Å².